The van der Waals surface area contributed by atoms with Gasteiger partial charge in [-0.25, -0.2) is 13.1 Å². The molecule has 0 bridgehead atoms. The summed E-state index contributed by atoms with van der Waals surface area (Å²) in [5.41, 5.74) is 1.15. The van der Waals surface area contributed by atoms with Crippen LogP contribution in [-0.4, -0.2) is 31.2 Å². The largest absolute Gasteiger partial charge is 0.311 e. The third kappa shape index (κ3) is 3.16. The van der Waals surface area contributed by atoms with Crippen LogP contribution in [0, 0.1) is 12.8 Å². The Kier molecular flexibility index (Phi) is 4.27. The van der Waals surface area contributed by atoms with Crippen LogP contribution in [0.1, 0.15) is 38.1 Å². The molecule has 2 rings (SSSR count). The summed E-state index contributed by atoms with van der Waals surface area (Å²) in [6, 6.07) is 0.0706. The van der Waals surface area contributed by atoms with Gasteiger partial charge in [0.1, 0.15) is 4.90 Å². The first-order valence-electron chi connectivity index (χ1n) is 6.71. The minimum absolute atomic E-state index is 0.0706. The van der Waals surface area contributed by atoms with Gasteiger partial charge in [0.2, 0.25) is 10.0 Å². The lowest BCUT2D eigenvalue weighted by molar-refractivity contribution is 0.270. The standard InChI is InChI=1S/C12H22N4O2S/c1-4-13-7-11-12(9(3)14-15-11)19(17,18)16-10-5-8(2)6-10/h8,10,13,16H,4-7H2,1-3H3,(H,14,15). The van der Waals surface area contributed by atoms with Crippen molar-refractivity contribution in [1.29, 1.82) is 0 Å². The smallest absolute Gasteiger partial charge is 0.244 e. The SMILES string of the molecule is CCNCc1n[nH]c(C)c1S(=O)(=O)NC1CC(C)C1. The number of aromatic amines is 1. The van der Waals surface area contributed by atoms with Crippen molar-refractivity contribution in [3.63, 3.8) is 0 Å². The molecule has 3 N–H and O–H groups in total. The highest BCUT2D eigenvalue weighted by Gasteiger charge is 2.32. The molecule has 1 aromatic heterocycles. The molecule has 1 heterocycles. The van der Waals surface area contributed by atoms with E-state index in [9.17, 15) is 8.42 Å². The molecule has 0 spiro atoms. The number of nitrogens with one attached hydrogen (secondary N) is 3. The molecule has 108 valence electrons. The fourth-order valence-electron chi connectivity index (χ4n) is 2.47. The van der Waals surface area contributed by atoms with Crippen LogP contribution in [0.5, 0.6) is 0 Å². The van der Waals surface area contributed by atoms with Crippen molar-refractivity contribution in [2.75, 3.05) is 6.54 Å². The molecule has 19 heavy (non-hydrogen) atoms. The number of rotatable bonds is 6. The quantitative estimate of drug-likeness (QED) is 0.725. The number of hydrogen-bond donors (Lipinski definition) is 3. The first-order valence-corrected chi connectivity index (χ1v) is 8.19. The number of nitrogens with zero attached hydrogens (tertiary/aromatic N) is 1. The average Bonchev–Trinajstić information content (AvgIpc) is 2.66. The Morgan fingerprint density at radius 3 is 2.68 bits per heavy atom. The molecule has 0 saturated heterocycles. The lowest BCUT2D eigenvalue weighted by atomic mass is 9.83. The molecule has 0 aliphatic heterocycles. The topological polar surface area (TPSA) is 86.9 Å². The van der Waals surface area contributed by atoms with Crippen LogP contribution in [-0.2, 0) is 16.6 Å². The Bertz CT molecular complexity index is 532. The van der Waals surface area contributed by atoms with Crippen LogP contribution in [0.4, 0.5) is 0 Å². The predicted octanol–water partition coefficient (Wildman–Crippen LogP) is 0.904. The number of H-pyrrole nitrogens is 1. The van der Waals surface area contributed by atoms with Gasteiger partial charge in [-0.3, -0.25) is 5.10 Å². The van der Waals surface area contributed by atoms with Crippen LogP contribution in [0.2, 0.25) is 0 Å². The summed E-state index contributed by atoms with van der Waals surface area (Å²) in [6.07, 6.45) is 1.83. The Balaban J connectivity index is 2.16. The van der Waals surface area contributed by atoms with Crippen LogP contribution < -0.4 is 10.0 Å². The highest BCUT2D eigenvalue weighted by atomic mass is 32.2. The fourth-order valence-corrected chi connectivity index (χ4v) is 4.09. The van der Waals surface area contributed by atoms with Crippen LogP contribution in [0.25, 0.3) is 0 Å². The molecule has 0 unspecified atom stereocenters. The molecular weight excluding hydrogens is 264 g/mol. The third-order valence-corrected chi connectivity index (χ3v) is 5.19. The molecule has 7 heteroatoms. The Morgan fingerprint density at radius 2 is 2.11 bits per heavy atom. The lowest BCUT2D eigenvalue weighted by Gasteiger charge is -2.32. The van der Waals surface area contributed by atoms with Gasteiger partial charge in [-0.05, 0) is 32.2 Å². The van der Waals surface area contributed by atoms with E-state index in [1.165, 1.54) is 0 Å². The van der Waals surface area contributed by atoms with E-state index in [-0.39, 0.29) is 6.04 Å². The molecular formula is C12H22N4O2S. The second-order valence-corrected chi connectivity index (χ2v) is 6.95. The molecule has 1 aliphatic carbocycles. The minimum Gasteiger partial charge on any atom is -0.311 e. The van der Waals surface area contributed by atoms with E-state index in [2.05, 4.69) is 27.2 Å². The van der Waals surface area contributed by atoms with Gasteiger partial charge in [0.05, 0.1) is 11.4 Å². The predicted molar refractivity (Wildman–Crippen MR) is 73.2 cm³/mol. The maximum Gasteiger partial charge on any atom is 0.244 e. The lowest BCUT2D eigenvalue weighted by Crippen LogP contribution is -2.43. The highest BCUT2D eigenvalue weighted by Crippen LogP contribution is 2.28. The van der Waals surface area contributed by atoms with Gasteiger partial charge in [0, 0.05) is 12.6 Å². The zero-order valence-electron chi connectivity index (χ0n) is 11.7. The number of hydrogen-bond acceptors (Lipinski definition) is 4. The fraction of sp³-hybridized carbons (Fsp3) is 0.750. The summed E-state index contributed by atoms with van der Waals surface area (Å²) < 4.78 is 27.6. The molecule has 1 aliphatic rings. The summed E-state index contributed by atoms with van der Waals surface area (Å²) in [6.45, 7) is 7.07. The minimum atomic E-state index is -3.48. The summed E-state index contributed by atoms with van der Waals surface area (Å²) in [7, 11) is -3.48. The zero-order chi connectivity index (χ0) is 14.0. The van der Waals surface area contributed by atoms with Crippen molar-refractivity contribution in [1.82, 2.24) is 20.2 Å². The third-order valence-electron chi connectivity index (χ3n) is 3.47. The van der Waals surface area contributed by atoms with Crippen molar-refractivity contribution in [3.8, 4) is 0 Å². The molecule has 1 saturated carbocycles. The second-order valence-electron chi connectivity index (χ2n) is 5.30. The van der Waals surface area contributed by atoms with Crippen molar-refractivity contribution >= 4 is 10.0 Å². The summed E-state index contributed by atoms with van der Waals surface area (Å²) >= 11 is 0. The molecule has 0 atom stereocenters. The molecule has 0 aromatic carbocycles. The maximum atomic E-state index is 12.4. The maximum absolute atomic E-state index is 12.4. The first kappa shape index (κ1) is 14.5. The van der Waals surface area contributed by atoms with Crippen LogP contribution in [0.3, 0.4) is 0 Å². The van der Waals surface area contributed by atoms with E-state index in [1.54, 1.807) is 6.92 Å². The van der Waals surface area contributed by atoms with Gasteiger partial charge in [-0.15, -0.1) is 0 Å². The van der Waals surface area contributed by atoms with Crippen molar-refractivity contribution in [2.45, 2.75) is 51.1 Å². The number of sulfonamides is 1. The zero-order valence-corrected chi connectivity index (χ0v) is 12.5. The van der Waals surface area contributed by atoms with Gasteiger partial charge in [0.15, 0.2) is 0 Å². The van der Waals surface area contributed by atoms with Crippen LogP contribution in [0.15, 0.2) is 4.90 Å². The van der Waals surface area contributed by atoms with E-state index in [0.29, 0.717) is 28.7 Å². The van der Waals surface area contributed by atoms with Crippen molar-refractivity contribution in [2.24, 2.45) is 5.92 Å². The van der Waals surface area contributed by atoms with Gasteiger partial charge in [0.25, 0.3) is 0 Å². The summed E-state index contributed by atoms with van der Waals surface area (Å²) in [5.74, 6) is 0.611. The van der Waals surface area contributed by atoms with Gasteiger partial charge < -0.3 is 5.32 Å². The van der Waals surface area contributed by atoms with E-state index in [0.717, 1.165) is 19.4 Å². The normalized spacial score (nSPS) is 23.3. The average molecular weight is 286 g/mol. The van der Waals surface area contributed by atoms with Gasteiger partial charge in [-0.1, -0.05) is 13.8 Å². The molecule has 0 amide bonds. The first-order chi connectivity index (χ1) is 8.94. The van der Waals surface area contributed by atoms with Crippen molar-refractivity contribution < 1.29 is 8.42 Å². The number of aryl methyl sites for hydroxylation is 1. The molecule has 1 aromatic rings. The van der Waals surface area contributed by atoms with Gasteiger partial charge in [-0.2, -0.15) is 5.10 Å². The Labute approximate surface area is 114 Å². The summed E-state index contributed by atoms with van der Waals surface area (Å²) in [4.78, 5) is 0.299. The molecule has 1 fully saturated rings. The number of aromatic nitrogens is 2. The molecule has 6 nitrogen and oxygen atoms in total. The van der Waals surface area contributed by atoms with E-state index < -0.39 is 10.0 Å². The van der Waals surface area contributed by atoms with Crippen molar-refractivity contribution in [3.05, 3.63) is 11.4 Å². The van der Waals surface area contributed by atoms with E-state index in [4.69, 9.17) is 0 Å². The van der Waals surface area contributed by atoms with Crippen LogP contribution >= 0.6 is 0 Å². The van der Waals surface area contributed by atoms with E-state index in [1.807, 2.05) is 6.92 Å². The summed E-state index contributed by atoms with van der Waals surface area (Å²) in [5, 5.41) is 9.94. The highest BCUT2D eigenvalue weighted by molar-refractivity contribution is 7.89. The van der Waals surface area contributed by atoms with Gasteiger partial charge >= 0.3 is 0 Å². The molecule has 0 radical (unpaired) electrons. The monoisotopic (exact) mass is 286 g/mol. The second kappa shape index (κ2) is 5.60. The Hall–Kier alpha value is -0.920. The van der Waals surface area contributed by atoms with E-state index >= 15 is 0 Å². The Morgan fingerprint density at radius 1 is 1.42 bits per heavy atom.